The zero-order valence-electron chi connectivity index (χ0n) is 18.5. The molecule has 7 heteroatoms. The Balaban J connectivity index is 2.16. The number of nitrogens with zero attached hydrogens (tertiary/aromatic N) is 1. The zero-order valence-corrected chi connectivity index (χ0v) is 20.0. The fourth-order valence-corrected chi connectivity index (χ4v) is 4.30. The molecule has 0 spiro atoms. The quantitative estimate of drug-likeness (QED) is 0.538. The molecule has 0 saturated heterocycles. The molecule has 168 valence electrons. The van der Waals surface area contributed by atoms with Gasteiger partial charge in [-0.25, -0.2) is 4.39 Å². The van der Waals surface area contributed by atoms with E-state index >= 15 is 0 Å². The van der Waals surface area contributed by atoms with E-state index in [1.165, 1.54) is 23.9 Å². The maximum absolute atomic E-state index is 13.3. The topological polar surface area (TPSA) is 49.4 Å². The largest absolute Gasteiger partial charge is 0.350 e. The van der Waals surface area contributed by atoms with Crippen LogP contribution in [0.5, 0.6) is 0 Å². The highest BCUT2D eigenvalue weighted by molar-refractivity contribution is 7.99. The number of thioether (sulfide) groups is 1. The Bertz CT molecular complexity index is 884. The first kappa shape index (κ1) is 25.2. The van der Waals surface area contributed by atoms with Gasteiger partial charge in [0.2, 0.25) is 11.8 Å². The molecule has 2 aromatic rings. The summed E-state index contributed by atoms with van der Waals surface area (Å²) in [6, 6.07) is 12.9. The van der Waals surface area contributed by atoms with Gasteiger partial charge in [-0.3, -0.25) is 9.59 Å². The molecule has 0 aliphatic rings. The van der Waals surface area contributed by atoms with E-state index in [0.29, 0.717) is 17.2 Å². The third-order valence-electron chi connectivity index (χ3n) is 4.59. The molecule has 0 radical (unpaired) electrons. The van der Waals surface area contributed by atoms with Crippen molar-refractivity contribution in [3.8, 4) is 0 Å². The molecular formula is C24H30ClFN2O2S. The van der Waals surface area contributed by atoms with Crippen LogP contribution in [0.15, 0.2) is 48.5 Å². The lowest BCUT2D eigenvalue weighted by Gasteiger charge is -2.33. The van der Waals surface area contributed by atoms with E-state index in [1.54, 1.807) is 17.0 Å². The second-order valence-corrected chi connectivity index (χ2v) is 9.79. The summed E-state index contributed by atoms with van der Waals surface area (Å²) in [6.45, 7) is 7.84. The maximum Gasteiger partial charge on any atom is 0.243 e. The summed E-state index contributed by atoms with van der Waals surface area (Å²) in [5.74, 6) is 0.139. The average molecular weight is 465 g/mol. The normalized spacial score (nSPS) is 12.3. The fraction of sp³-hybridized carbons (Fsp3) is 0.417. The van der Waals surface area contributed by atoms with Gasteiger partial charge < -0.3 is 10.2 Å². The molecule has 0 aliphatic heterocycles. The minimum Gasteiger partial charge on any atom is -0.350 e. The monoisotopic (exact) mass is 464 g/mol. The van der Waals surface area contributed by atoms with Crippen LogP contribution in [-0.2, 0) is 21.9 Å². The molecule has 0 fully saturated rings. The van der Waals surface area contributed by atoms with Gasteiger partial charge in [0, 0.05) is 22.9 Å². The van der Waals surface area contributed by atoms with Crippen LogP contribution in [0.1, 0.15) is 45.2 Å². The van der Waals surface area contributed by atoms with E-state index < -0.39 is 11.6 Å². The summed E-state index contributed by atoms with van der Waals surface area (Å²) in [5, 5.41) is 3.64. The van der Waals surface area contributed by atoms with E-state index in [0.717, 1.165) is 11.1 Å². The van der Waals surface area contributed by atoms with Crippen molar-refractivity contribution in [1.29, 1.82) is 0 Å². The van der Waals surface area contributed by atoms with E-state index in [9.17, 15) is 14.0 Å². The second kappa shape index (κ2) is 11.5. The summed E-state index contributed by atoms with van der Waals surface area (Å²) in [6.07, 6.45) is 0.476. The van der Waals surface area contributed by atoms with Gasteiger partial charge in [-0.05, 0) is 56.5 Å². The molecule has 2 amide bonds. The van der Waals surface area contributed by atoms with Gasteiger partial charge in [-0.1, -0.05) is 48.9 Å². The van der Waals surface area contributed by atoms with E-state index in [-0.39, 0.29) is 29.9 Å². The fourth-order valence-electron chi connectivity index (χ4n) is 3.11. The highest BCUT2D eigenvalue weighted by atomic mass is 35.5. The molecule has 0 bridgehead atoms. The average Bonchev–Trinajstić information content (AvgIpc) is 2.69. The van der Waals surface area contributed by atoms with Crippen LogP contribution in [-0.4, -0.2) is 34.0 Å². The molecule has 1 N–H and O–H groups in total. The van der Waals surface area contributed by atoms with Crippen LogP contribution in [0.4, 0.5) is 4.39 Å². The maximum atomic E-state index is 13.3. The number of rotatable bonds is 9. The lowest BCUT2D eigenvalue weighted by Crippen LogP contribution is -2.53. The molecule has 31 heavy (non-hydrogen) atoms. The molecule has 1 atom stereocenters. The summed E-state index contributed by atoms with van der Waals surface area (Å²) in [4.78, 5) is 27.7. The molecule has 0 aromatic heterocycles. The number of hydrogen-bond donors (Lipinski definition) is 1. The van der Waals surface area contributed by atoms with Crippen molar-refractivity contribution < 1.29 is 14.0 Å². The summed E-state index contributed by atoms with van der Waals surface area (Å²) >= 11 is 7.66. The van der Waals surface area contributed by atoms with Gasteiger partial charge in [0.15, 0.2) is 0 Å². The van der Waals surface area contributed by atoms with E-state index in [4.69, 9.17) is 11.6 Å². The molecule has 4 nitrogen and oxygen atoms in total. The minimum absolute atomic E-state index is 0.141. The smallest absolute Gasteiger partial charge is 0.243 e. The molecule has 0 heterocycles. The molecular weight excluding hydrogens is 435 g/mol. The Morgan fingerprint density at radius 2 is 1.77 bits per heavy atom. The predicted octanol–water partition coefficient (Wildman–Crippen LogP) is 5.43. The Labute approximate surface area is 193 Å². The van der Waals surface area contributed by atoms with Crippen LogP contribution in [0, 0.1) is 5.82 Å². The van der Waals surface area contributed by atoms with Crippen LogP contribution < -0.4 is 5.32 Å². The van der Waals surface area contributed by atoms with Crippen molar-refractivity contribution in [3.63, 3.8) is 0 Å². The molecule has 0 aliphatic carbocycles. The Morgan fingerprint density at radius 3 is 2.35 bits per heavy atom. The van der Waals surface area contributed by atoms with E-state index in [2.05, 4.69) is 5.32 Å². The highest BCUT2D eigenvalue weighted by Crippen LogP contribution is 2.22. The van der Waals surface area contributed by atoms with E-state index in [1.807, 2.05) is 52.0 Å². The number of amides is 2. The first-order valence-electron chi connectivity index (χ1n) is 10.3. The Morgan fingerprint density at radius 1 is 1.13 bits per heavy atom. The Hall–Kier alpha value is -2.05. The number of benzene rings is 2. The number of carbonyl (C=O) groups excluding carboxylic acids is 2. The van der Waals surface area contributed by atoms with Crippen molar-refractivity contribution >= 4 is 35.2 Å². The second-order valence-electron chi connectivity index (χ2n) is 8.40. The third kappa shape index (κ3) is 8.19. The SMILES string of the molecule is CCC(C(=O)NC(C)(C)C)N(Cc1ccc(F)cc1)C(=O)CSCc1ccccc1Cl. The molecule has 0 saturated carbocycles. The number of carbonyl (C=O) groups is 2. The number of halogens is 2. The standard InChI is InChI=1S/C24H30ClFN2O2S/c1-5-21(23(30)27-24(2,3)4)28(14-17-10-12-19(26)13-11-17)22(29)16-31-15-18-8-6-7-9-20(18)25/h6-13,21H,5,14-16H2,1-4H3,(H,27,30). The first-order valence-corrected chi connectivity index (χ1v) is 11.8. The van der Waals surface area contributed by atoms with Gasteiger partial charge in [-0.15, -0.1) is 11.8 Å². The molecule has 2 rings (SSSR count). The minimum atomic E-state index is -0.613. The molecule has 2 aromatic carbocycles. The van der Waals surface area contributed by atoms with Gasteiger partial charge in [0.25, 0.3) is 0 Å². The summed E-state index contributed by atoms with van der Waals surface area (Å²) < 4.78 is 13.3. The van der Waals surface area contributed by atoms with Gasteiger partial charge in [-0.2, -0.15) is 0 Å². The highest BCUT2D eigenvalue weighted by Gasteiger charge is 2.30. The lowest BCUT2D eigenvalue weighted by molar-refractivity contribution is -0.140. The lowest BCUT2D eigenvalue weighted by atomic mass is 10.1. The van der Waals surface area contributed by atoms with Crippen molar-refractivity contribution in [2.24, 2.45) is 0 Å². The molecule has 1 unspecified atom stereocenters. The third-order valence-corrected chi connectivity index (χ3v) is 5.93. The van der Waals surface area contributed by atoms with Crippen molar-refractivity contribution in [2.45, 2.75) is 58.0 Å². The van der Waals surface area contributed by atoms with Crippen LogP contribution in [0.25, 0.3) is 0 Å². The van der Waals surface area contributed by atoms with Crippen molar-refractivity contribution in [3.05, 3.63) is 70.5 Å². The number of hydrogen-bond acceptors (Lipinski definition) is 3. The van der Waals surface area contributed by atoms with Crippen molar-refractivity contribution in [2.75, 3.05) is 5.75 Å². The van der Waals surface area contributed by atoms with Gasteiger partial charge >= 0.3 is 0 Å². The van der Waals surface area contributed by atoms with Gasteiger partial charge in [0.1, 0.15) is 11.9 Å². The van der Waals surface area contributed by atoms with Crippen molar-refractivity contribution in [1.82, 2.24) is 10.2 Å². The summed E-state index contributed by atoms with van der Waals surface area (Å²) in [5.41, 5.74) is 1.32. The first-order chi connectivity index (χ1) is 14.6. The van der Waals surface area contributed by atoms with Gasteiger partial charge in [0.05, 0.1) is 5.75 Å². The van der Waals surface area contributed by atoms with Crippen LogP contribution >= 0.6 is 23.4 Å². The Kier molecular flexibility index (Phi) is 9.38. The predicted molar refractivity (Wildman–Crippen MR) is 127 cm³/mol. The van der Waals surface area contributed by atoms with Crippen LogP contribution in [0.3, 0.4) is 0 Å². The van der Waals surface area contributed by atoms with Crippen LogP contribution in [0.2, 0.25) is 5.02 Å². The summed E-state index contributed by atoms with van der Waals surface area (Å²) in [7, 11) is 0. The number of nitrogens with one attached hydrogen (secondary N) is 1. The zero-order chi connectivity index (χ0) is 23.0.